The molecule has 9 heteroatoms. The van der Waals surface area contributed by atoms with Gasteiger partial charge in [0.25, 0.3) is 5.56 Å². The monoisotopic (exact) mass is 223 g/mol. The molecule has 0 saturated carbocycles. The molecule has 0 spiro atoms. The third-order valence-electron chi connectivity index (χ3n) is 1.61. The molecule has 4 N–H and O–H groups in total. The van der Waals surface area contributed by atoms with E-state index in [0.717, 1.165) is 6.20 Å². The SMILES string of the molecule is Nc1nc2ncc(OC(=O)O)nc2c(=O)[nH]1. The number of nitrogens with zero attached hydrogens (tertiary/aromatic N) is 3. The average Bonchev–Trinajstić information content (AvgIpc) is 2.18. The molecule has 82 valence electrons. The van der Waals surface area contributed by atoms with Crippen molar-refractivity contribution in [3.63, 3.8) is 0 Å². The lowest BCUT2D eigenvalue weighted by Gasteiger charge is -1.99. The fourth-order valence-electron chi connectivity index (χ4n) is 1.06. The second-order valence-electron chi connectivity index (χ2n) is 2.70. The van der Waals surface area contributed by atoms with Gasteiger partial charge in [-0.2, -0.15) is 4.98 Å². The van der Waals surface area contributed by atoms with Crippen LogP contribution < -0.4 is 16.0 Å². The van der Waals surface area contributed by atoms with E-state index in [-0.39, 0.29) is 23.0 Å². The fourth-order valence-corrected chi connectivity index (χ4v) is 1.06. The average molecular weight is 223 g/mol. The molecule has 0 unspecified atom stereocenters. The zero-order valence-electron chi connectivity index (χ0n) is 7.67. The number of H-pyrrole nitrogens is 1. The number of nitrogen functional groups attached to an aromatic ring is 1. The first-order chi connectivity index (χ1) is 7.56. The maximum Gasteiger partial charge on any atom is 0.512 e. The van der Waals surface area contributed by atoms with Crippen LogP contribution in [-0.2, 0) is 0 Å². The van der Waals surface area contributed by atoms with Crippen LogP contribution in [0.15, 0.2) is 11.0 Å². The summed E-state index contributed by atoms with van der Waals surface area (Å²) in [5, 5.41) is 8.34. The van der Waals surface area contributed by atoms with Gasteiger partial charge in [-0.05, 0) is 0 Å². The lowest BCUT2D eigenvalue weighted by molar-refractivity contribution is 0.142. The van der Waals surface area contributed by atoms with Crippen LogP contribution >= 0.6 is 0 Å². The summed E-state index contributed by atoms with van der Waals surface area (Å²) >= 11 is 0. The van der Waals surface area contributed by atoms with Gasteiger partial charge < -0.3 is 15.6 Å². The van der Waals surface area contributed by atoms with Crippen LogP contribution in [0.1, 0.15) is 0 Å². The van der Waals surface area contributed by atoms with E-state index >= 15 is 0 Å². The number of nitrogens with two attached hydrogens (primary N) is 1. The molecule has 0 aromatic carbocycles. The number of carboxylic acid groups (broad SMARTS) is 1. The summed E-state index contributed by atoms with van der Waals surface area (Å²) in [6, 6.07) is 0. The summed E-state index contributed by atoms with van der Waals surface area (Å²) in [6.45, 7) is 0. The van der Waals surface area contributed by atoms with E-state index in [1.165, 1.54) is 0 Å². The Labute approximate surface area is 86.9 Å². The third kappa shape index (κ3) is 1.73. The summed E-state index contributed by atoms with van der Waals surface area (Å²) < 4.78 is 4.24. The molecule has 2 rings (SSSR count). The number of ether oxygens (including phenoxy) is 1. The molecule has 0 saturated heterocycles. The van der Waals surface area contributed by atoms with Gasteiger partial charge >= 0.3 is 6.16 Å². The quantitative estimate of drug-likeness (QED) is 0.541. The summed E-state index contributed by atoms with van der Waals surface area (Å²) in [6.07, 6.45) is -0.518. The highest BCUT2D eigenvalue weighted by atomic mass is 16.7. The van der Waals surface area contributed by atoms with Crippen molar-refractivity contribution in [2.75, 3.05) is 5.73 Å². The number of fused-ring (bicyclic) bond motifs is 1. The molecule has 0 atom stereocenters. The summed E-state index contributed by atoms with van der Waals surface area (Å²) in [5.74, 6) is -0.407. The van der Waals surface area contributed by atoms with Gasteiger partial charge in [-0.25, -0.2) is 14.8 Å². The van der Waals surface area contributed by atoms with Crippen LogP contribution in [0.5, 0.6) is 5.88 Å². The Bertz CT molecular complexity index is 622. The van der Waals surface area contributed by atoms with Crippen LogP contribution in [0.2, 0.25) is 0 Å². The van der Waals surface area contributed by atoms with Crippen molar-refractivity contribution < 1.29 is 14.6 Å². The van der Waals surface area contributed by atoms with Gasteiger partial charge in [0.1, 0.15) is 0 Å². The molecule has 2 heterocycles. The number of carbonyl (C=O) groups is 1. The fraction of sp³-hybridized carbons (Fsp3) is 0. The maximum absolute atomic E-state index is 11.4. The van der Waals surface area contributed by atoms with Crippen molar-refractivity contribution in [3.05, 3.63) is 16.6 Å². The van der Waals surface area contributed by atoms with Crippen molar-refractivity contribution in [1.29, 1.82) is 0 Å². The number of aromatic nitrogens is 4. The van der Waals surface area contributed by atoms with Crippen LogP contribution in [0.25, 0.3) is 11.2 Å². The van der Waals surface area contributed by atoms with Gasteiger partial charge in [0, 0.05) is 0 Å². The van der Waals surface area contributed by atoms with Crippen molar-refractivity contribution in [2.24, 2.45) is 0 Å². The van der Waals surface area contributed by atoms with Crippen LogP contribution in [0.4, 0.5) is 10.7 Å². The summed E-state index contributed by atoms with van der Waals surface area (Å²) in [7, 11) is 0. The highest BCUT2D eigenvalue weighted by molar-refractivity contribution is 5.70. The first kappa shape index (κ1) is 9.83. The normalized spacial score (nSPS) is 10.2. The third-order valence-corrected chi connectivity index (χ3v) is 1.61. The zero-order chi connectivity index (χ0) is 11.7. The van der Waals surface area contributed by atoms with E-state index in [1.54, 1.807) is 0 Å². The molecule has 9 nitrogen and oxygen atoms in total. The van der Waals surface area contributed by atoms with Crippen molar-refractivity contribution in [2.45, 2.75) is 0 Å². The Kier molecular flexibility index (Phi) is 2.12. The molecular formula is C7H5N5O4. The number of hydrogen-bond donors (Lipinski definition) is 3. The Hall–Kier alpha value is -2.71. The Morgan fingerprint density at radius 1 is 1.50 bits per heavy atom. The summed E-state index contributed by atoms with van der Waals surface area (Å²) in [5.41, 5.74) is 4.53. The topological polar surface area (TPSA) is 144 Å². The Balaban J connectivity index is 2.62. The van der Waals surface area contributed by atoms with Crippen molar-refractivity contribution in [1.82, 2.24) is 19.9 Å². The molecule has 0 aliphatic rings. The lowest BCUT2D eigenvalue weighted by atomic mass is 10.5. The lowest BCUT2D eigenvalue weighted by Crippen LogP contribution is -2.14. The number of anilines is 1. The number of aromatic amines is 1. The molecule has 0 fully saturated rings. The van der Waals surface area contributed by atoms with E-state index in [2.05, 4.69) is 24.7 Å². The smallest absolute Gasteiger partial charge is 0.449 e. The van der Waals surface area contributed by atoms with E-state index in [0.29, 0.717) is 0 Å². The minimum absolute atomic E-state index is 0.0130. The molecule has 0 aliphatic carbocycles. The standard InChI is InChI=1S/C7H5N5O4/c8-6-11-4-3(5(13)12-6)10-2(1-9-4)16-7(14)15/h1H,(H,14,15)(H3,8,9,11,12,13). The molecule has 0 aliphatic heterocycles. The second kappa shape index (κ2) is 3.46. The highest BCUT2D eigenvalue weighted by Crippen LogP contribution is 2.08. The number of rotatable bonds is 1. The van der Waals surface area contributed by atoms with Crippen molar-refractivity contribution >= 4 is 23.3 Å². The van der Waals surface area contributed by atoms with E-state index in [1.807, 2.05) is 0 Å². The molecule has 2 aromatic rings. The van der Waals surface area contributed by atoms with Crippen LogP contribution in [0, 0.1) is 0 Å². The van der Waals surface area contributed by atoms with Crippen molar-refractivity contribution in [3.8, 4) is 5.88 Å². The minimum atomic E-state index is -1.55. The Morgan fingerprint density at radius 3 is 2.94 bits per heavy atom. The molecular weight excluding hydrogens is 218 g/mol. The Morgan fingerprint density at radius 2 is 2.25 bits per heavy atom. The van der Waals surface area contributed by atoms with Gasteiger partial charge in [0.05, 0.1) is 6.20 Å². The number of hydrogen-bond acceptors (Lipinski definition) is 7. The van der Waals surface area contributed by atoms with Gasteiger partial charge in [0.2, 0.25) is 11.8 Å². The first-order valence-electron chi connectivity index (χ1n) is 3.99. The van der Waals surface area contributed by atoms with E-state index < -0.39 is 11.7 Å². The molecule has 0 bridgehead atoms. The van der Waals surface area contributed by atoms with E-state index in [9.17, 15) is 9.59 Å². The summed E-state index contributed by atoms with van der Waals surface area (Å²) in [4.78, 5) is 34.8. The number of nitrogens with one attached hydrogen (secondary N) is 1. The first-order valence-corrected chi connectivity index (χ1v) is 3.99. The molecule has 2 aromatic heterocycles. The van der Waals surface area contributed by atoms with Gasteiger partial charge in [-0.15, -0.1) is 0 Å². The minimum Gasteiger partial charge on any atom is -0.449 e. The predicted molar refractivity (Wildman–Crippen MR) is 51.0 cm³/mol. The second-order valence-corrected chi connectivity index (χ2v) is 2.70. The molecule has 0 amide bonds. The molecule has 0 radical (unpaired) electrons. The highest BCUT2D eigenvalue weighted by Gasteiger charge is 2.09. The van der Waals surface area contributed by atoms with Crippen LogP contribution in [0.3, 0.4) is 0 Å². The maximum atomic E-state index is 11.4. The van der Waals surface area contributed by atoms with Gasteiger partial charge in [-0.1, -0.05) is 0 Å². The van der Waals surface area contributed by atoms with Gasteiger partial charge in [-0.3, -0.25) is 9.78 Å². The van der Waals surface area contributed by atoms with Gasteiger partial charge in [0.15, 0.2) is 11.2 Å². The predicted octanol–water partition coefficient (Wildman–Crippen LogP) is -0.648. The largest absolute Gasteiger partial charge is 0.512 e. The van der Waals surface area contributed by atoms with Crippen LogP contribution in [-0.4, -0.2) is 31.2 Å². The molecule has 16 heavy (non-hydrogen) atoms. The zero-order valence-corrected chi connectivity index (χ0v) is 7.67. The van der Waals surface area contributed by atoms with E-state index in [4.69, 9.17) is 10.8 Å².